The molecule has 1 saturated heterocycles. The second-order valence-corrected chi connectivity index (χ2v) is 3.74. The van der Waals surface area contributed by atoms with E-state index >= 15 is 0 Å². The van der Waals surface area contributed by atoms with E-state index < -0.39 is 29.5 Å². The van der Waals surface area contributed by atoms with Crippen LogP contribution in [-0.4, -0.2) is 39.5 Å². The third kappa shape index (κ3) is 1.43. The Kier molecular flexibility index (Phi) is 2.22. The van der Waals surface area contributed by atoms with Crippen molar-refractivity contribution in [2.24, 2.45) is 0 Å². The van der Waals surface area contributed by atoms with Crippen molar-refractivity contribution in [2.45, 2.75) is 32.4 Å². The van der Waals surface area contributed by atoms with Crippen molar-refractivity contribution in [3.05, 3.63) is 0 Å². The molecule has 0 aromatic rings. The largest absolute Gasteiger partial charge is 0.480 e. The van der Waals surface area contributed by atoms with E-state index in [1.807, 2.05) is 0 Å². The third-order valence-electron chi connectivity index (χ3n) is 2.14. The summed E-state index contributed by atoms with van der Waals surface area (Å²) in [6.45, 7) is 4.35. The van der Waals surface area contributed by atoms with Gasteiger partial charge in [-0.15, -0.1) is 0 Å². The molecular formula is C8H12N2O4. The van der Waals surface area contributed by atoms with Gasteiger partial charge in [-0.3, -0.25) is 4.79 Å². The van der Waals surface area contributed by atoms with Crippen LogP contribution in [0.5, 0.6) is 0 Å². The molecule has 1 rings (SSSR count). The second-order valence-electron chi connectivity index (χ2n) is 3.74. The molecule has 2 N–H and O–H groups in total. The van der Waals surface area contributed by atoms with Gasteiger partial charge in [0, 0.05) is 0 Å². The molecule has 0 radical (unpaired) electrons. The van der Waals surface area contributed by atoms with Crippen LogP contribution in [0.1, 0.15) is 20.8 Å². The lowest BCUT2D eigenvalue weighted by molar-refractivity contribution is -0.146. The molecule has 1 atom stereocenters. The standard InChI is InChI=1S/C8H12N2O4/c1-4(5(11)12)10-6(13)8(2,3)9-7(10)14/h4H,1-3H3,(H,9,14)(H,11,12)/t4-/m0/s1. The van der Waals surface area contributed by atoms with Gasteiger partial charge in [0.2, 0.25) is 0 Å². The van der Waals surface area contributed by atoms with E-state index in [2.05, 4.69) is 5.32 Å². The Bertz CT molecular complexity index is 310. The topological polar surface area (TPSA) is 86.7 Å². The van der Waals surface area contributed by atoms with Gasteiger partial charge in [-0.2, -0.15) is 0 Å². The van der Waals surface area contributed by atoms with E-state index in [0.29, 0.717) is 0 Å². The molecule has 0 aromatic carbocycles. The molecule has 1 fully saturated rings. The first-order valence-electron chi connectivity index (χ1n) is 4.16. The molecule has 3 amide bonds. The number of carboxylic acids is 1. The van der Waals surface area contributed by atoms with Gasteiger partial charge in [0.15, 0.2) is 0 Å². The number of rotatable bonds is 2. The maximum Gasteiger partial charge on any atom is 0.326 e. The van der Waals surface area contributed by atoms with Crippen LogP contribution < -0.4 is 5.32 Å². The highest BCUT2D eigenvalue weighted by atomic mass is 16.4. The summed E-state index contributed by atoms with van der Waals surface area (Å²) < 4.78 is 0. The lowest BCUT2D eigenvalue weighted by Crippen LogP contribution is -2.45. The Morgan fingerprint density at radius 2 is 2.00 bits per heavy atom. The first-order chi connectivity index (χ1) is 6.27. The van der Waals surface area contributed by atoms with Crippen LogP contribution in [0.25, 0.3) is 0 Å². The minimum absolute atomic E-state index is 0.516. The van der Waals surface area contributed by atoms with E-state index in [1.54, 1.807) is 0 Å². The molecule has 6 heteroatoms. The normalized spacial score (nSPS) is 22.1. The molecule has 14 heavy (non-hydrogen) atoms. The number of nitrogens with zero attached hydrogens (tertiary/aromatic N) is 1. The maximum atomic E-state index is 11.6. The Hall–Kier alpha value is -1.59. The van der Waals surface area contributed by atoms with Gasteiger partial charge < -0.3 is 10.4 Å². The van der Waals surface area contributed by atoms with Gasteiger partial charge in [-0.05, 0) is 20.8 Å². The minimum atomic E-state index is -1.20. The SMILES string of the molecule is C[C@@H](C(=O)O)N1C(=O)NC(C)(C)C1=O. The Morgan fingerprint density at radius 1 is 1.50 bits per heavy atom. The number of aliphatic carboxylic acids is 1. The molecule has 0 aliphatic carbocycles. The van der Waals surface area contributed by atoms with Crippen molar-refractivity contribution in [1.82, 2.24) is 10.2 Å². The van der Waals surface area contributed by atoms with Gasteiger partial charge in [-0.25, -0.2) is 14.5 Å². The predicted octanol–water partition coefficient (Wildman–Crippen LogP) is -0.210. The molecule has 1 aliphatic rings. The Labute approximate surface area is 80.9 Å². The van der Waals surface area contributed by atoms with Crippen LogP contribution in [-0.2, 0) is 9.59 Å². The summed E-state index contributed by atoms with van der Waals surface area (Å²) in [7, 11) is 0. The average Bonchev–Trinajstić information content (AvgIpc) is 2.21. The number of hydrogen-bond acceptors (Lipinski definition) is 3. The number of carbonyl (C=O) groups excluding carboxylic acids is 2. The van der Waals surface area contributed by atoms with Gasteiger partial charge in [0.1, 0.15) is 11.6 Å². The van der Waals surface area contributed by atoms with Gasteiger partial charge >= 0.3 is 12.0 Å². The van der Waals surface area contributed by atoms with Gasteiger partial charge in [0.05, 0.1) is 0 Å². The summed E-state index contributed by atoms with van der Waals surface area (Å²) >= 11 is 0. The highest BCUT2D eigenvalue weighted by Crippen LogP contribution is 2.18. The third-order valence-corrected chi connectivity index (χ3v) is 2.14. The molecule has 0 saturated carbocycles. The molecule has 0 spiro atoms. The van der Waals surface area contributed by atoms with Crippen molar-refractivity contribution in [1.29, 1.82) is 0 Å². The van der Waals surface area contributed by atoms with Crippen LogP contribution in [0.15, 0.2) is 0 Å². The molecule has 0 aromatic heterocycles. The van der Waals surface area contributed by atoms with Crippen molar-refractivity contribution in [3.63, 3.8) is 0 Å². The van der Waals surface area contributed by atoms with Crippen molar-refractivity contribution >= 4 is 17.9 Å². The number of carboxylic acid groups (broad SMARTS) is 1. The number of carbonyl (C=O) groups is 3. The lowest BCUT2D eigenvalue weighted by atomic mass is 10.1. The van der Waals surface area contributed by atoms with E-state index in [9.17, 15) is 14.4 Å². The highest BCUT2D eigenvalue weighted by molar-refractivity contribution is 6.08. The van der Waals surface area contributed by atoms with E-state index in [0.717, 1.165) is 4.90 Å². The molecule has 0 bridgehead atoms. The number of hydrogen-bond donors (Lipinski definition) is 2. The van der Waals surface area contributed by atoms with E-state index in [-0.39, 0.29) is 0 Å². The summed E-state index contributed by atoms with van der Waals surface area (Å²) in [5.74, 6) is -1.72. The predicted molar refractivity (Wildman–Crippen MR) is 46.6 cm³/mol. The molecule has 0 unspecified atom stereocenters. The van der Waals surface area contributed by atoms with Crippen molar-refractivity contribution < 1.29 is 19.5 Å². The highest BCUT2D eigenvalue weighted by Gasteiger charge is 2.47. The quantitative estimate of drug-likeness (QED) is 0.604. The number of imide groups is 1. The first-order valence-corrected chi connectivity index (χ1v) is 4.16. The summed E-state index contributed by atoms with van der Waals surface area (Å²) in [4.78, 5) is 34.2. The van der Waals surface area contributed by atoms with Crippen LogP contribution in [0.4, 0.5) is 4.79 Å². The van der Waals surface area contributed by atoms with Crippen LogP contribution >= 0.6 is 0 Å². The number of urea groups is 1. The Morgan fingerprint density at radius 3 is 2.29 bits per heavy atom. The summed E-state index contributed by atoms with van der Waals surface area (Å²) in [5, 5.41) is 11.1. The van der Waals surface area contributed by atoms with Crippen molar-refractivity contribution in [3.8, 4) is 0 Å². The second kappa shape index (κ2) is 2.97. The van der Waals surface area contributed by atoms with Gasteiger partial charge in [-0.1, -0.05) is 0 Å². The molecular weight excluding hydrogens is 188 g/mol. The fraction of sp³-hybridized carbons (Fsp3) is 0.625. The zero-order chi connectivity index (χ0) is 11.1. The van der Waals surface area contributed by atoms with Crippen LogP contribution in [0.2, 0.25) is 0 Å². The molecule has 1 heterocycles. The fourth-order valence-electron chi connectivity index (χ4n) is 1.24. The summed E-state index contributed by atoms with van der Waals surface area (Å²) in [6, 6.07) is -1.79. The van der Waals surface area contributed by atoms with Crippen LogP contribution in [0.3, 0.4) is 0 Å². The summed E-state index contributed by atoms with van der Waals surface area (Å²) in [5.41, 5.74) is -1.01. The smallest absolute Gasteiger partial charge is 0.326 e. The number of amides is 3. The zero-order valence-corrected chi connectivity index (χ0v) is 8.20. The van der Waals surface area contributed by atoms with Gasteiger partial charge in [0.25, 0.3) is 5.91 Å². The number of nitrogens with one attached hydrogen (secondary N) is 1. The Balaban J connectivity index is 2.97. The molecule has 1 aliphatic heterocycles. The fourth-order valence-corrected chi connectivity index (χ4v) is 1.24. The maximum absolute atomic E-state index is 11.6. The van der Waals surface area contributed by atoms with E-state index in [1.165, 1.54) is 20.8 Å². The van der Waals surface area contributed by atoms with Crippen molar-refractivity contribution in [2.75, 3.05) is 0 Å². The first kappa shape index (κ1) is 10.5. The van der Waals surface area contributed by atoms with E-state index in [4.69, 9.17) is 5.11 Å². The molecule has 78 valence electrons. The summed E-state index contributed by atoms with van der Waals surface area (Å²) in [6.07, 6.45) is 0. The molecule has 6 nitrogen and oxygen atoms in total. The minimum Gasteiger partial charge on any atom is -0.480 e. The zero-order valence-electron chi connectivity index (χ0n) is 8.20. The monoisotopic (exact) mass is 200 g/mol. The van der Waals surface area contributed by atoms with Crippen LogP contribution in [0, 0.1) is 0 Å². The lowest BCUT2D eigenvalue weighted by Gasteiger charge is -2.18. The average molecular weight is 200 g/mol.